The van der Waals surface area contributed by atoms with Crippen LogP contribution in [0.1, 0.15) is 25.6 Å². The molecule has 0 fully saturated rings. The molecule has 0 aliphatic heterocycles. The molecule has 0 aliphatic carbocycles. The van der Waals surface area contributed by atoms with Gasteiger partial charge in [-0.3, -0.25) is 4.40 Å². The van der Waals surface area contributed by atoms with E-state index in [1.165, 1.54) is 18.5 Å². The van der Waals surface area contributed by atoms with Gasteiger partial charge in [-0.1, -0.05) is 26.0 Å². The summed E-state index contributed by atoms with van der Waals surface area (Å²) in [5.41, 5.74) is 2.88. The van der Waals surface area contributed by atoms with Crippen molar-refractivity contribution in [1.82, 2.24) is 19.6 Å². The number of hydrogen-bond donors (Lipinski definition) is 0. The van der Waals surface area contributed by atoms with Crippen LogP contribution in [-0.4, -0.2) is 19.6 Å². The number of rotatable bonds is 3. The Morgan fingerprint density at radius 1 is 1.08 bits per heavy atom. The van der Waals surface area contributed by atoms with E-state index in [1.807, 2.05) is 22.7 Å². The van der Waals surface area contributed by atoms with E-state index < -0.39 is 0 Å². The lowest BCUT2D eigenvalue weighted by atomic mass is 10.1. The van der Waals surface area contributed by atoms with Crippen LogP contribution in [0.5, 0.6) is 0 Å². The van der Waals surface area contributed by atoms with Gasteiger partial charge in [0.25, 0.3) is 0 Å². The largest absolute Gasteiger partial charge is 0.443 e. The third-order valence-corrected chi connectivity index (χ3v) is 3.87. The molecular formula is C18H15FN4O. The highest BCUT2D eigenvalue weighted by molar-refractivity contribution is 5.76. The van der Waals surface area contributed by atoms with E-state index in [2.05, 4.69) is 29.0 Å². The van der Waals surface area contributed by atoms with Crippen LogP contribution in [0.25, 0.3) is 28.2 Å². The molecule has 6 heteroatoms. The van der Waals surface area contributed by atoms with Gasteiger partial charge in [0, 0.05) is 23.2 Å². The fourth-order valence-electron chi connectivity index (χ4n) is 2.73. The van der Waals surface area contributed by atoms with Crippen LogP contribution in [-0.2, 0) is 0 Å². The summed E-state index contributed by atoms with van der Waals surface area (Å²) in [7, 11) is 0. The molecule has 0 aliphatic rings. The number of benzene rings is 1. The average Bonchev–Trinajstić information content (AvgIpc) is 3.21. The minimum atomic E-state index is -0.308. The smallest absolute Gasteiger partial charge is 0.182 e. The minimum absolute atomic E-state index is 0.243. The summed E-state index contributed by atoms with van der Waals surface area (Å²) < 4.78 is 21.0. The first-order valence-corrected chi connectivity index (χ1v) is 7.68. The van der Waals surface area contributed by atoms with Crippen LogP contribution >= 0.6 is 0 Å². The van der Waals surface area contributed by atoms with Gasteiger partial charge in [-0.2, -0.15) is 0 Å². The Kier molecular flexibility index (Phi) is 3.37. The summed E-state index contributed by atoms with van der Waals surface area (Å²) in [6.07, 6.45) is 3.29. The van der Waals surface area contributed by atoms with Gasteiger partial charge in [-0.15, -0.1) is 10.2 Å². The van der Waals surface area contributed by atoms with E-state index in [0.29, 0.717) is 17.0 Å². The maximum atomic E-state index is 13.5. The van der Waals surface area contributed by atoms with E-state index in [-0.39, 0.29) is 11.7 Å². The Balaban J connectivity index is 1.87. The van der Waals surface area contributed by atoms with Gasteiger partial charge in [0.15, 0.2) is 17.8 Å². The molecule has 4 rings (SSSR count). The molecule has 0 atom stereocenters. The van der Waals surface area contributed by atoms with E-state index in [9.17, 15) is 4.39 Å². The van der Waals surface area contributed by atoms with Crippen molar-refractivity contribution in [3.63, 3.8) is 0 Å². The van der Waals surface area contributed by atoms with Gasteiger partial charge < -0.3 is 4.42 Å². The summed E-state index contributed by atoms with van der Waals surface area (Å²) in [5.74, 6) is 1.40. The molecule has 4 aromatic rings. The summed E-state index contributed by atoms with van der Waals surface area (Å²) >= 11 is 0. The molecule has 3 aromatic heterocycles. The van der Waals surface area contributed by atoms with E-state index >= 15 is 0 Å². The lowest BCUT2D eigenvalue weighted by molar-refractivity contribution is 0.571. The van der Waals surface area contributed by atoms with Crippen molar-refractivity contribution in [3.8, 4) is 22.6 Å². The lowest BCUT2D eigenvalue weighted by Gasteiger charge is -2.06. The quantitative estimate of drug-likeness (QED) is 0.564. The molecule has 3 heterocycles. The number of oxazole rings is 1. The topological polar surface area (TPSA) is 56.2 Å². The first-order chi connectivity index (χ1) is 11.6. The van der Waals surface area contributed by atoms with Crippen molar-refractivity contribution < 1.29 is 8.81 Å². The fraction of sp³-hybridized carbons (Fsp3) is 0.167. The molecule has 0 saturated heterocycles. The molecule has 0 bridgehead atoms. The van der Waals surface area contributed by atoms with E-state index in [0.717, 1.165) is 17.0 Å². The molecule has 0 amide bonds. The number of nitrogens with zero attached hydrogens (tertiary/aromatic N) is 4. The number of pyridine rings is 1. The Bertz CT molecular complexity index is 1020. The summed E-state index contributed by atoms with van der Waals surface area (Å²) in [6, 6.07) is 10.1. The molecule has 0 N–H and O–H groups in total. The molecule has 120 valence electrons. The zero-order valence-electron chi connectivity index (χ0n) is 13.3. The van der Waals surface area contributed by atoms with Crippen LogP contribution in [0.3, 0.4) is 0 Å². The van der Waals surface area contributed by atoms with Crippen molar-refractivity contribution in [2.24, 2.45) is 0 Å². The van der Waals surface area contributed by atoms with Crippen LogP contribution in [0.4, 0.5) is 4.39 Å². The lowest BCUT2D eigenvalue weighted by Crippen LogP contribution is -1.97. The second-order valence-electron chi connectivity index (χ2n) is 5.90. The van der Waals surface area contributed by atoms with E-state index in [4.69, 9.17) is 4.42 Å². The Morgan fingerprint density at radius 3 is 2.75 bits per heavy atom. The van der Waals surface area contributed by atoms with Crippen molar-refractivity contribution in [1.29, 1.82) is 0 Å². The zero-order valence-corrected chi connectivity index (χ0v) is 13.3. The van der Waals surface area contributed by atoms with Gasteiger partial charge in [0.2, 0.25) is 0 Å². The first-order valence-electron chi connectivity index (χ1n) is 7.68. The molecule has 0 spiro atoms. The highest BCUT2D eigenvalue weighted by Crippen LogP contribution is 2.31. The molecule has 0 radical (unpaired) electrons. The van der Waals surface area contributed by atoms with Gasteiger partial charge in [-0.25, -0.2) is 9.37 Å². The van der Waals surface area contributed by atoms with Crippen molar-refractivity contribution in [2.75, 3.05) is 0 Å². The molecule has 24 heavy (non-hydrogen) atoms. The second-order valence-corrected chi connectivity index (χ2v) is 5.90. The van der Waals surface area contributed by atoms with Gasteiger partial charge in [0.05, 0.1) is 0 Å². The van der Waals surface area contributed by atoms with Crippen LogP contribution in [0.2, 0.25) is 0 Å². The first kappa shape index (κ1) is 14.6. The number of halogens is 1. The zero-order chi connectivity index (χ0) is 16.7. The third kappa shape index (κ3) is 2.36. The standard InChI is InChI=1S/C18H15FN4O/c1-11(2)18-22-21-15-7-6-13(9-23(15)18)17-16(20-10-24-17)12-4-3-5-14(19)8-12/h3-11H,1-2H3. The summed E-state index contributed by atoms with van der Waals surface area (Å²) in [5, 5.41) is 8.40. The second kappa shape index (κ2) is 5.56. The monoisotopic (exact) mass is 322 g/mol. The third-order valence-electron chi connectivity index (χ3n) is 3.87. The molecule has 5 nitrogen and oxygen atoms in total. The molecular weight excluding hydrogens is 307 g/mol. The van der Waals surface area contributed by atoms with Crippen molar-refractivity contribution in [3.05, 3.63) is 60.6 Å². The predicted molar refractivity (Wildman–Crippen MR) is 88.0 cm³/mol. The Labute approximate surface area is 137 Å². The average molecular weight is 322 g/mol. The fourth-order valence-corrected chi connectivity index (χ4v) is 2.73. The van der Waals surface area contributed by atoms with Gasteiger partial charge in [-0.05, 0) is 24.3 Å². The van der Waals surface area contributed by atoms with Gasteiger partial charge >= 0.3 is 0 Å². The number of aromatic nitrogens is 4. The number of hydrogen-bond acceptors (Lipinski definition) is 4. The molecule has 0 saturated carbocycles. The maximum absolute atomic E-state index is 13.5. The molecule has 1 aromatic carbocycles. The minimum Gasteiger partial charge on any atom is -0.443 e. The number of fused-ring (bicyclic) bond motifs is 1. The summed E-state index contributed by atoms with van der Waals surface area (Å²) in [6.45, 7) is 4.13. The SMILES string of the molecule is CC(C)c1nnc2ccc(-c3ocnc3-c3cccc(F)c3)cn12. The Hall–Kier alpha value is -3.02. The normalized spacial score (nSPS) is 11.5. The predicted octanol–water partition coefficient (Wildman–Crippen LogP) is 4.31. The van der Waals surface area contributed by atoms with Gasteiger partial charge in [0.1, 0.15) is 17.3 Å². The highest BCUT2D eigenvalue weighted by atomic mass is 19.1. The van der Waals surface area contributed by atoms with E-state index in [1.54, 1.807) is 12.1 Å². The van der Waals surface area contributed by atoms with Crippen molar-refractivity contribution in [2.45, 2.75) is 19.8 Å². The maximum Gasteiger partial charge on any atom is 0.182 e. The van der Waals surface area contributed by atoms with Crippen LogP contribution in [0.15, 0.2) is 53.4 Å². The molecule has 0 unspecified atom stereocenters. The van der Waals surface area contributed by atoms with Crippen molar-refractivity contribution >= 4 is 5.65 Å². The Morgan fingerprint density at radius 2 is 1.96 bits per heavy atom. The van der Waals surface area contributed by atoms with Crippen LogP contribution < -0.4 is 0 Å². The highest BCUT2D eigenvalue weighted by Gasteiger charge is 2.16. The summed E-state index contributed by atoms with van der Waals surface area (Å²) in [4.78, 5) is 4.26. The van der Waals surface area contributed by atoms with Crippen LogP contribution in [0, 0.1) is 5.82 Å².